The minimum absolute atomic E-state index is 0.512. The van der Waals surface area contributed by atoms with Crippen molar-refractivity contribution in [3.63, 3.8) is 0 Å². The van der Waals surface area contributed by atoms with Crippen LogP contribution in [0, 0.1) is 0 Å². The van der Waals surface area contributed by atoms with Gasteiger partial charge in [-0.1, -0.05) is 24.3 Å². The van der Waals surface area contributed by atoms with Crippen molar-refractivity contribution in [1.82, 2.24) is 0 Å². The fraction of sp³-hybridized carbons (Fsp3) is 0.294. The van der Waals surface area contributed by atoms with Gasteiger partial charge in [0.15, 0.2) is 0 Å². The van der Waals surface area contributed by atoms with E-state index in [0.29, 0.717) is 26.4 Å². The lowest BCUT2D eigenvalue weighted by Gasteiger charge is -2.09. The van der Waals surface area contributed by atoms with Gasteiger partial charge in [-0.3, -0.25) is 0 Å². The summed E-state index contributed by atoms with van der Waals surface area (Å²) in [7, 11) is 1.66. The van der Waals surface area contributed by atoms with Gasteiger partial charge in [0.2, 0.25) is 0 Å². The number of hydrogen-bond acceptors (Lipinski definition) is 4. The molecule has 4 heteroatoms. The van der Waals surface area contributed by atoms with Crippen LogP contribution < -0.4 is 15.2 Å². The monoisotopic (exact) mass is 287 g/mol. The molecule has 0 aliphatic carbocycles. The normalized spacial score (nSPS) is 10.4. The molecule has 0 heterocycles. The van der Waals surface area contributed by atoms with E-state index in [4.69, 9.17) is 19.9 Å². The highest BCUT2D eigenvalue weighted by Gasteiger charge is 1.98. The molecule has 2 rings (SSSR count). The van der Waals surface area contributed by atoms with Gasteiger partial charge >= 0.3 is 0 Å². The summed E-state index contributed by atoms with van der Waals surface area (Å²) in [5, 5.41) is 0. The first-order valence-corrected chi connectivity index (χ1v) is 6.94. The topological polar surface area (TPSA) is 53.7 Å². The summed E-state index contributed by atoms with van der Waals surface area (Å²) in [5.41, 5.74) is 7.74. The lowest BCUT2D eigenvalue weighted by Crippen LogP contribution is -2.07. The van der Waals surface area contributed by atoms with Crippen molar-refractivity contribution in [2.24, 2.45) is 5.73 Å². The third-order valence-corrected chi connectivity index (χ3v) is 3.03. The third kappa shape index (κ3) is 5.10. The van der Waals surface area contributed by atoms with Crippen LogP contribution in [0.2, 0.25) is 0 Å². The second-order valence-electron chi connectivity index (χ2n) is 4.60. The predicted molar refractivity (Wildman–Crippen MR) is 82.5 cm³/mol. The second-order valence-corrected chi connectivity index (χ2v) is 4.60. The molecule has 0 saturated heterocycles. The fourth-order valence-electron chi connectivity index (χ4n) is 1.93. The lowest BCUT2D eigenvalue weighted by atomic mass is 10.2. The van der Waals surface area contributed by atoms with Crippen LogP contribution >= 0.6 is 0 Å². The van der Waals surface area contributed by atoms with Crippen LogP contribution in [0.15, 0.2) is 48.5 Å². The van der Waals surface area contributed by atoms with E-state index in [-0.39, 0.29) is 0 Å². The Morgan fingerprint density at radius 3 is 2.38 bits per heavy atom. The van der Waals surface area contributed by atoms with Crippen molar-refractivity contribution in [2.75, 3.05) is 20.3 Å². The first kappa shape index (κ1) is 15.4. The Labute approximate surface area is 125 Å². The number of ether oxygens (including phenoxy) is 3. The van der Waals surface area contributed by atoms with Crippen molar-refractivity contribution in [2.45, 2.75) is 13.2 Å². The Hall–Kier alpha value is -2.04. The minimum Gasteiger partial charge on any atom is -0.497 e. The zero-order valence-corrected chi connectivity index (χ0v) is 12.2. The molecule has 0 unspecified atom stereocenters. The molecule has 112 valence electrons. The Bertz CT molecular complexity index is 508. The number of benzene rings is 2. The van der Waals surface area contributed by atoms with Crippen LogP contribution in [-0.2, 0) is 17.9 Å². The van der Waals surface area contributed by atoms with Gasteiger partial charge in [0.1, 0.15) is 18.1 Å². The van der Waals surface area contributed by atoms with E-state index in [1.54, 1.807) is 7.11 Å². The molecular weight excluding hydrogens is 266 g/mol. The van der Waals surface area contributed by atoms with E-state index >= 15 is 0 Å². The van der Waals surface area contributed by atoms with Crippen LogP contribution in [0.4, 0.5) is 0 Å². The van der Waals surface area contributed by atoms with Crippen LogP contribution in [-0.4, -0.2) is 20.3 Å². The Kier molecular flexibility index (Phi) is 6.06. The molecule has 0 aliphatic rings. The molecule has 0 radical (unpaired) electrons. The van der Waals surface area contributed by atoms with Crippen molar-refractivity contribution in [3.05, 3.63) is 59.7 Å². The summed E-state index contributed by atoms with van der Waals surface area (Å²) in [6.45, 7) is 2.11. The van der Waals surface area contributed by atoms with Gasteiger partial charge in [-0.05, 0) is 35.4 Å². The number of nitrogens with two attached hydrogens (primary N) is 1. The molecule has 0 bridgehead atoms. The van der Waals surface area contributed by atoms with Gasteiger partial charge in [0.25, 0.3) is 0 Å². The van der Waals surface area contributed by atoms with Gasteiger partial charge in [-0.2, -0.15) is 0 Å². The molecule has 0 spiro atoms. The highest BCUT2D eigenvalue weighted by atomic mass is 16.5. The molecule has 0 saturated carbocycles. The quantitative estimate of drug-likeness (QED) is 0.759. The van der Waals surface area contributed by atoms with Gasteiger partial charge in [-0.25, -0.2) is 0 Å². The standard InChI is InChI=1S/C17H21NO3/c1-19-16-6-3-5-15(11-16)13-20-8-9-21-17-7-2-4-14(10-17)12-18/h2-7,10-11H,8-9,12-13,18H2,1H3. The minimum atomic E-state index is 0.512. The van der Waals surface area contributed by atoms with Gasteiger partial charge in [0, 0.05) is 6.54 Å². The van der Waals surface area contributed by atoms with E-state index in [0.717, 1.165) is 22.6 Å². The smallest absolute Gasteiger partial charge is 0.119 e. The average Bonchev–Trinajstić information content (AvgIpc) is 2.55. The summed E-state index contributed by atoms with van der Waals surface area (Å²) in [6.07, 6.45) is 0. The molecule has 0 atom stereocenters. The summed E-state index contributed by atoms with van der Waals surface area (Å²) >= 11 is 0. The van der Waals surface area contributed by atoms with Crippen LogP contribution in [0.25, 0.3) is 0 Å². The van der Waals surface area contributed by atoms with Gasteiger partial charge in [0.05, 0.1) is 20.3 Å². The molecule has 0 fully saturated rings. The highest BCUT2D eigenvalue weighted by molar-refractivity contribution is 5.28. The SMILES string of the molecule is COc1cccc(COCCOc2cccc(CN)c2)c1. The summed E-state index contributed by atoms with van der Waals surface area (Å²) < 4.78 is 16.4. The Morgan fingerprint density at radius 2 is 1.62 bits per heavy atom. The van der Waals surface area contributed by atoms with Crippen molar-refractivity contribution in [3.8, 4) is 11.5 Å². The molecule has 2 aromatic rings. The average molecular weight is 287 g/mol. The lowest BCUT2D eigenvalue weighted by molar-refractivity contribution is 0.0888. The number of methoxy groups -OCH3 is 1. The highest BCUT2D eigenvalue weighted by Crippen LogP contribution is 2.14. The van der Waals surface area contributed by atoms with Crippen molar-refractivity contribution in [1.29, 1.82) is 0 Å². The van der Waals surface area contributed by atoms with E-state index in [1.165, 1.54) is 0 Å². The molecule has 2 aromatic carbocycles. The van der Waals surface area contributed by atoms with Gasteiger partial charge < -0.3 is 19.9 Å². The summed E-state index contributed by atoms with van der Waals surface area (Å²) in [5.74, 6) is 1.66. The summed E-state index contributed by atoms with van der Waals surface area (Å²) in [6, 6.07) is 15.6. The molecule has 0 aromatic heterocycles. The first-order chi connectivity index (χ1) is 10.3. The fourth-order valence-corrected chi connectivity index (χ4v) is 1.93. The van der Waals surface area contributed by atoms with E-state index < -0.39 is 0 Å². The van der Waals surface area contributed by atoms with Crippen LogP contribution in [0.3, 0.4) is 0 Å². The van der Waals surface area contributed by atoms with E-state index in [9.17, 15) is 0 Å². The molecule has 2 N–H and O–H groups in total. The second kappa shape index (κ2) is 8.29. The van der Waals surface area contributed by atoms with E-state index in [2.05, 4.69) is 0 Å². The van der Waals surface area contributed by atoms with Crippen molar-refractivity contribution < 1.29 is 14.2 Å². The Balaban J connectivity index is 1.69. The van der Waals surface area contributed by atoms with Crippen LogP contribution in [0.5, 0.6) is 11.5 Å². The summed E-state index contributed by atoms with van der Waals surface area (Å²) in [4.78, 5) is 0. The molecule has 0 aliphatic heterocycles. The molecule has 21 heavy (non-hydrogen) atoms. The van der Waals surface area contributed by atoms with Gasteiger partial charge in [-0.15, -0.1) is 0 Å². The maximum Gasteiger partial charge on any atom is 0.119 e. The first-order valence-electron chi connectivity index (χ1n) is 6.94. The number of rotatable bonds is 8. The third-order valence-electron chi connectivity index (χ3n) is 3.03. The van der Waals surface area contributed by atoms with E-state index in [1.807, 2.05) is 48.5 Å². The molecular formula is C17H21NO3. The molecule has 4 nitrogen and oxygen atoms in total. The largest absolute Gasteiger partial charge is 0.497 e. The molecule has 0 amide bonds. The number of hydrogen-bond donors (Lipinski definition) is 1. The predicted octanol–water partition coefficient (Wildman–Crippen LogP) is 2.75. The van der Waals surface area contributed by atoms with Crippen LogP contribution in [0.1, 0.15) is 11.1 Å². The zero-order chi connectivity index (χ0) is 14.9. The maximum atomic E-state index is 5.63. The zero-order valence-electron chi connectivity index (χ0n) is 12.2. The maximum absolute atomic E-state index is 5.63. The Morgan fingerprint density at radius 1 is 0.905 bits per heavy atom. The van der Waals surface area contributed by atoms with Crippen molar-refractivity contribution >= 4 is 0 Å².